The molecule has 120 valence electrons. The Hall–Kier alpha value is -2.28. The molecular formula is C16H13BrFNO4. The smallest absolute Gasteiger partial charge is 0.262 e. The lowest BCUT2D eigenvalue weighted by atomic mass is 10.2. The number of ether oxygens (including phenoxy) is 3. The number of hydrogen-bond donors (Lipinski definition) is 1. The van der Waals surface area contributed by atoms with Crippen molar-refractivity contribution < 1.29 is 23.4 Å². The van der Waals surface area contributed by atoms with E-state index >= 15 is 0 Å². The van der Waals surface area contributed by atoms with E-state index in [1.54, 1.807) is 18.2 Å². The van der Waals surface area contributed by atoms with Gasteiger partial charge in [-0.1, -0.05) is 0 Å². The van der Waals surface area contributed by atoms with Crippen LogP contribution in [0.4, 0.5) is 10.1 Å². The number of anilines is 1. The fourth-order valence-electron chi connectivity index (χ4n) is 2.05. The van der Waals surface area contributed by atoms with Crippen LogP contribution in [0.5, 0.6) is 17.2 Å². The molecule has 5 nitrogen and oxygen atoms in total. The second-order valence-corrected chi connectivity index (χ2v) is 5.62. The minimum absolute atomic E-state index is 0.196. The van der Waals surface area contributed by atoms with Gasteiger partial charge in [0, 0.05) is 11.8 Å². The predicted molar refractivity (Wildman–Crippen MR) is 85.7 cm³/mol. The summed E-state index contributed by atoms with van der Waals surface area (Å²) in [5.41, 5.74) is 0.584. The molecule has 0 bridgehead atoms. The van der Waals surface area contributed by atoms with Crippen LogP contribution in [-0.4, -0.2) is 25.7 Å². The zero-order valence-corrected chi connectivity index (χ0v) is 13.6. The molecule has 2 aromatic carbocycles. The van der Waals surface area contributed by atoms with E-state index in [1.165, 1.54) is 18.2 Å². The van der Waals surface area contributed by atoms with E-state index in [0.717, 1.165) is 0 Å². The van der Waals surface area contributed by atoms with Gasteiger partial charge in [0.15, 0.2) is 18.1 Å². The van der Waals surface area contributed by atoms with E-state index in [-0.39, 0.29) is 18.3 Å². The van der Waals surface area contributed by atoms with E-state index < -0.39 is 0 Å². The highest BCUT2D eigenvalue weighted by Crippen LogP contribution is 2.32. The maximum Gasteiger partial charge on any atom is 0.262 e. The molecule has 3 rings (SSSR count). The van der Waals surface area contributed by atoms with Gasteiger partial charge in [-0.3, -0.25) is 4.79 Å². The fourth-order valence-corrected chi connectivity index (χ4v) is 2.52. The maximum atomic E-state index is 13.0. The number of carbonyl (C=O) groups excluding carboxylic acids is 1. The molecule has 1 heterocycles. The standard InChI is InChI=1S/C16H13BrFNO4/c17-12-7-10(18)1-3-13(12)23-9-16(20)19-11-2-4-14-15(8-11)22-6-5-21-14/h1-4,7-8H,5-6,9H2,(H,19,20). The Morgan fingerprint density at radius 3 is 2.74 bits per heavy atom. The Morgan fingerprint density at radius 2 is 1.96 bits per heavy atom. The summed E-state index contributed by atoms with van der Waals surface area (Å²) in [4.78, 5) is 11.9. The average molecular weight is 382 g/mol. The first-order valence-electron chi connectivity index (χ1n) is 6.89. The highest BCUT2D eigenvalue weighted by Gasteiger charge is 2.13. The molecule has 1 N–H and O–H groups in total. The highest BCUT2D eigenvalue weighted by molar-refractivity contribution is 9.10. The van der Waals surface area contributed by atoms with Crippen molar-refractivity contribution in [3.05, 3.63) is 46.7 Å². The Bertz CT molecular complexity index is 738. The summed E-state index contributed by atoms with van der Waals surface area (Å²) < 4.78 is 29.7. The molecular weight excluding hydrogens is 369 g/mol. The van der Waals surface area contributed by atoms with Crippen molar-refractivity contribution in [1.82, 2.24) is 0 Å². The number of nitrogens with one attached hydrogen (secondary N) is 1. The molecule has 0 saturated carbocycles. The lowest BCUT2D eigenvalue weighted by Gasteiger charge is -2.19. The van der Waals surface area contributed by atoms with Crippen molar-refractivity contribution in [3.8, 4) is 17.2 Å². The summed E-state index contributed by atoms with van der Waals surface area (Å²) in [6.45, 7) is 0.796. The summed E-state index contributed by atoms with van der Waals surface area (Å²) in [6, 6.07) is 9.14. The number of halogens is 2. The summed E-state index contributed by atoms with van der Waals surface area (Å²) in [7, 11) is 0. The molecule has 0 fully saturated rings. The van der Waals surface area contributed by atoms with E-state index in [9.17, 15) is 9.18 Å². The molecule has 0 aliphatic carbocycles. The van der Waals surface area contributed by atoms with Crippen molar-refractivity contribution in [2.45, 2.75) is 0 Å². The normalized spacial score (nSPS) is 12.6. The van der Waals surface area contributed by atoms with Crippen LogP contribution >= 0.6 is 15.9 Å². The number of hydrogen-bond acceptors (Lipinski definition) is 4. The van der Waals surface area contributed by atoms with Gasteiger partial charge in [-0.05, 0) is 46.3 Å². The Morgan fingerprint density at radius 1 is 1.17 bits per heavy atom. The van der Waals surface area contributed by atoms with Crippen LogP contribution in [0.2, 0.25) is 0 Å². The summed E-state index contributed by atoms with van der Waals surface area (Å²) in [6.07, 6.45) is 0. The third-order valence-corrected chi connectivity index (χ3v) is 3.70. The third kappa shape index (κ3) is 3.92. The Kier molecular flexibility index (Phi) is 4.66. The highest BCUT2D eigenvalue weighted by atomic mass is 79.9. The lowest BCUT2D eigenvalue weighted by Crippen LogP contribution is -2.21. The minimum Gasteiger partial charge on any atom is -0.486 e. The van der Waals surface area contributed by atoms with Crippen molar-refractivity contribution in [3.63, 3.8) is 0 Å². The molecule has 0 unspecified atom stereocenters. The van der Waals surface area contributed by atoms with Crippen molar-refractivity contribution >= 4 is 27.5 Å². The van der Waals surface area contributed by atoms with E-state index in [2.05, 4.69) is 21.2 Å². The fraction of sp³-hybridized carbons (Fsp3) is 0.188. The molecule has 1 aliphatic heterocycles. The van der Waals surface area contributed by atoms with Crippen molar-refractivity contribution in [1.29, 1.82) is 0 Å². The third-order valence-electron chi connectivity index (χ3n) is 3.08. The zero-order valence-electron chi connectivity index (χ0n) is 12.0. The van der Waals surface area contributed by atoms with E-state index in [0.29, 0.717) is 40.6 Å². The van der Waals surface area contributed by atoms with Gasteiger partial charge < -0.3 is 19.5 Å². The van der Waals surface area contributed by atoms with Gasteiger partial charge in [0.1, 0.15) is 24.8 Å². The van der Waals surface area contributed by atoms with Gasteiger partial charge in [0.05, 0.1) is 4.47 Å². The van der Waals surface area contributed by atoms with Crippen LogP contribution in [0, 0.1) is 5.82 Å². The topological polar surface area (TPSA) is 56.8 Å². The zero-order chi connectivity index (χ0) is 16.2. The Balaban J connectivity index is 1.59. The molecule has 1 amide bonds. The largest absolute Gasteiger partial charge is 0.486 e. The first-order chi connectivity index (χ1) is 11.1. The second-order valence-electron chi connectivity index (χ2n) is 4.77. The summed E-state index contributed by atoms with van der Waals surface area (Å²) in [5, 5.41) is 2.70. The average Bonchev–Trinajstić information content (AvgIpc) is 2.54. The first kappa shape index (κ1) is 15.6. The number of amides is 1. The molecule has 0 radical (unpaired) electrons. The number of fused-ring (bicyclic) bond motifs is 1. The van der Waals surface area contributed by atoms with Crippen molar-refractivity contribution in [2.75, 3.05) is 25.1 Å². The minimum atomic E-state index is -0.384. The summed E-state index contributed by atoms with van der Waals surface area (Å²) in [5.74, 6) is 0.920. The monoisotopic (exact) mass is 381 g/mol. The van der Waals surface area contributed by atoms with Crippen LogP contribution < -0.4 is 19.5 Å². The van der Waals surface area contributed by atoms with Gasteiger partial charge in [-0.2, -0.15) is 0 Å². The van der Waals surface area contributed by atoms with Crippen LogP contribution in [0.15, 0.2) is 40.9 Å². The SMILES string of the molecule is O=C(COc1ccc(F)cc1Br)Nc1ccc2c(c1)OCCO2. The van der Waals surface area contributed by atoms with Gasteiger partial charge >= 0.3 is 0 Å². The molecule has 2 aromatic rings. The van der Waals surface area contributed by atoms with Gasteiger partial charge in [0.25, 0.3) is 5.91 Å². The molecule has 0 saturated heterocycles. The molecule has 1 aliphatic rings. The maximum absolute atomic E-state index is 13.0. The molecule has 0 aromatic heterocycles. The van der Waals surface area contributed by atoms with Crippen LogP contribution in [0.1, 0.15) is 0 Å². The predicted octanol–water partition coefficient (Wildman–Crippen LogP) is 3.38. The van der Waals surface area contributed by atoms with Gasteiger partial charge in [0.2, 0.25) is 0 Å². The lowest BCUT2D eigenvalue weighted by molar-refractivity contribution is -0.118. The molecule has 0 spiro atoms. The molecule has 0 atom stereocenters. The van der Waals surface area contributed by atoms with E-state index in [4.69, 9.17) is 14.2 Å². The van der Waals surface area contributed by atoms with Crippen LogP contribution in [0.3, 0.4) is 0 Å². The van der Waals surface area contributed by atoms with Crippen molar-refractivity contribution in [2.24, 2.45) is 0 Å². The second kappa shape index (κ2) is 6.87. The van der Waals surface area contributed by atoms with Crippen LogP contribution in [0.25, 0.3) is 0 Å². The molecule has 7 heteroatoms. The van der Waals surface area contributed by atoms with Gasteiger partial charge in [-0.25, -0.2) is 4.39 Å². The quantitative estimate of drug-likeness (QED) is 0.881. The van der Waals surface area contributed by atoms with E-state index in [1.807, 2.05) is 0 Å². The number of rotatable bonds is 4. The Labute approximate surface area is 140 Å². The number of carbonyl (C=O) groups is 1. The van der Waals surface area contributed by atoms with Gasteiger partial charge in [-0.15, -0.1) is 0 Å². The molecule has 23 heavy (non-hydrogen) atoms. The first-order valence-corrected chi connectivity index (χ1v) is 7.68. The number of benzene rings is 2. The summed E-state index contributed by atoms with van der Waals surface area (Å²) >= 11 is 3.18. The van der Waals surface area contributed by atoms with Crippen LogP contribution in [-0.2, 0) is 4.79 Å².